The van der Waals surface area contributed by atoms with Crippen LogP contribution >= 0.6 is 22.7 Å². The molecule has 0 saturated heterocycles. The summed E-state index contributed by atoms with van der Waals surface area (Å²) in [4.78, 5) is 3.06. The molecule has 0 fully saturated rings. The highest BCUT2D eigenvalue weighted by atomic mass is 32.1. The van der Waals surface area contributed by atoms with E-state index in [0.29, 0.717) is 5.92 Å². The summed E-state index contributed by atoms with van der Waals surface area (Å²) in [5.74, 6) is 0.621. The summed E-state index contributed by atoms with van der Waals surface area (Å²) >= 11 is 3.84. The largest absolute Gasteiger partial charge is 0.148 e. The lowest BCUT2D eigenvalue weighted by Gasteiger charge is -2.26. The number of hydrogen-bond donors (Lipinski definition) is 0. The first kappa shape index (κ1) is 37.3. The third-order valence-electron chi connectivity index (χ3n) is 7.57. The Labute approximate surface area is 274 Å². The van der Waals surface area contributed by atoms with Gasteiger partial charge in [-0.1, -0.05) is 160 Å². The van der Waals surface area contributed by atoms with E-state index in [2.05, 4.69) is 178 Å². The quantitative estimate of drug-likeness (QED) is 0.199. The maximum absolute atomic E-state index is 2.32. The van der Waals surface area contributed by atoms with Crippen molar-refractivity contribution in [3.63, 3.8) is 0 Å². The van der Waals surface area contributed by atoms with Crippen molar-refractivity contribution in [3.05, 3.63) is 92.0 Å². The predicted octanol–water partition coefficient (Wildman–Crippen LogP) is 13.9. The lowest BCUT2D eigenvalue weighted by molar-refractivity contribution is 0.542. The standard InChI is InChI=1S/C16H22S.C13H20.C12H20S/c1-15(2,3)13-11-9-7-8-10-12(11)17-14(13)16(4,5)6;1-10(2)11-8-6-7-9-12(11)13(3,4)5;1-11(2,3)9-7-8-13-10(9)12(4,5)6/h7-10H,1-6H3;6-10H,1-5H3;7-8H,1-6H3. The number of hydrogen-bond acceptors (Lipinski definition) is 2. The Bertz CT molecular complexity index is 1410. The van der Waals surface area contributed by atoms with Gasteiger partial charge in [-0.2, -0.15) is 0 Å². The second-order valence-corrected chi connectivity index (χ2v) is 19.4. The van der Waals surface area contributed by atoms with Crippen LogP contribution in [0.2, 0.25) is 0 Å². The Kier molecular flexibility index (Phi) is 11.8. The van der Waals surface area contributed by atoms with Crippen molar-refractivity contribution in [2.75, 3.05) is 0 Å². The Hall–Kier alpha value is -1.90. The van der Waals surface area contributed by atoms with Crippen molar-refractivity contribution >= 4 is 32.8 Å². The van der Waals surface area contributed by atoms with Gasteiger partial charge in [-0.15, -0.1) is 22.7 Å². The maximum Gasteiger partial charge on any atom is 0.0348 e. The Balaban J connectivity index is 0.000000229. The van der Waals surface area contributed by atoms with Crippen LogP contribution in [0.25, 0.3) is 10.1 Å². The summed E-state index contributed by atoms with van der Waals surface area (Å²) in [6.45, 7) is 38.9. The summed E-state index contributed by atoms with van der Waals surface area (Å²) in [6, 6.07) is 19.8. The predicted molar refractivity (Wildman–Crippen MR) is 200 cm³/mol. The fraction of sp³-hybridized carbons (Fsp3) is 0.561. The van der Waals surface area contributed by atoms with Crippen LogP contribution in [0.4, 0.5) is 0 Å². The zero-order valence-electron chi connectivity index (χ0n) is 30.7. The minimum Gasteiger partial charge on any atom is -0.148 e. The topological polar surface area (TPSA) is 0 Å². The van der Waals surface area contributed by atoms with Gasteiger partial charge in [-0.3, -0.25) is 0 Å². The van der Waals surface area contributed by atoms with E-state index in [9.17, 15) is 0 Å². The van der Waals surface area contributed by atoms with Gasteiger partial charge in [-0.05, 0) is 78.1 Å². The molecule has 0 amide bonds. The van der Waals surface area contributed by atoms with E-state index in [1.807, 2.05) is 22.7 Å². The molecule has 0 aliphatic rings. The van der Waals surface area contributed by atoms with Crippen molar-refractivity contribution in [2.45, 2.75) is 151 Å². The molecule has 2 heteroatoms. The van der Waals surface area contributed by atoms with E-state index >= 15 is 0 Å². The number of benzene rings is 2. The third kappa shape index (κ3) is 10.1. The Morgan fingerprint density at radius 3 is 1.40 bits per heavy atom. The van der Waals surface area contributed by atoms with Crippen molar-refractivity contribution in [1.82, 2.24) is 0 Å². The van der Waals surface area contributed by atoms with Crippen molar-refractivity contribution in [3.8, 4) is 0 Å². The van der Waals surface area contributed by atoms with Crippen LogP contribution in [-0.2, 0) is 27.1 Å². The van der Waals surface area contributed by atoms with Crippen LogP contribution in [-0.4, -0.2) is 0 Å². The molecule has 0 nitrogen and oxygen atoms in total. The number of fused-ring (bicyclic) bond motifs is 1. The minimum atomic E-state index is 0.211. The summed E-state index contributed by atoms with van der Waals surface area (Å²) in [5, 5.41) is 3.65. The van der Waals surface area contributed by atoms with E-state index in [1.165, 1.54) is 42.1 Å². The summed E-state index contributed by atoms with van der Waals surface area (Å²) < 4.78 is 1.42. The molecule has 238 valence electrons. The van der Waals surface area contributed by atoms with Gasteiger partial charge in [0.15, 0.2) is 0 Å². The molecule has 2 heterocycles. The number of thiophene rings is 2. The average molecular weight is 619 g/mol. The molecule has 0 aliphatic carbocycles. The number of rotatable bonds is 1. The Morgan fingerprint density at radius 2 is 0.977 bits per heavy atom. The fourth-order valence-corrected chi connectivity index (χ4v) is 8.15. The highest BCUT2D eigenvalue weighted by Crippen LogP contribution is 2.44. The third-order valence-corrected chi connectivity index (χ3v) is 10.5. The molecule has 0 N–H and O–H groups in total. The normalized spacial score (nSPS) is 13.0. The molecular formula is C41H62S2. The van der Waals surface area contributed by atoms with E-state index in [-0.39, 0.29) is 27.1 Å². The van der Waals surface area contributed by atoms with E-state index in [4.69, 9.17) is 0 Å². The lowest BCUT2D eigenvalue weighted by Crippen LogP contribution is -2.19. The average Bonchev–Trinajstić information content (AvgIpc) is 3.50. The van der Waals surface area contributed by atoms with Crippen LogP contribution in [0.15, 0.2) is 60.0 Å². The van der Waals surface area contributed by atoms with Crippen LogP contribution in [0, 0.1) is 0 Å². The van der Waals surface area contributed by atoms with E-state index in [0.717, 1.165) is 0 Å². The van der Waals surface area contributed by atoms with Gasteiger partial charge < -0.3 is 0 Å². The first-order valence-electron chi connectivity index (χ1n) is 16.1. The Morgan fingerprint density at radius 1 is 0.488 bits per heavy atom. The lowest BCUT2D eigenvalue weighted by atomic mass is 9.79. The van der Waals surface area contributed by atoms with Crippen LogP contribution in [0.1, 0.15) is 156 Å². The summed E-state index contributed by atoms with van der Waals surface area (Å²) in [7, 11) is 0. The molecule has 0 radical (unpaired) electrons. The minimum absolute atomic E-state index is 0.211. The fourth-order valence-electron chi connectivity index (χ4n) is 5.48. The SMILES string of the molecule is CC(C)(C)c1ccsc1C(C)(C)C.CC(C)(C)c1sc2ccccc2c1C(C)(C)C.CC(C)c1ccccc1C(C)(C)C. The van der Waals surface area contributed by atoms with E-state index in [1.54, 1.807) is 0 Å². The highest BCUT2D eigenvalue weighted by Gasteiger charge is 2.29. The van der Waals surface area contributed by atoms with Gasteiger partial charge in [0, 0.05) is 14.5 Å². The van der Waals surface area contributed by atoms with Gasteiger partial charge in [0.1, 0.15) is 0 Å². The molecule has 0 atom stereocenters. The molecule has 0 unspecified atom stereocenters. The molecule has 0 bridgehead atoms. The van der Waals surface area contributed by atoms with Gasteiger partial charge in [0.25, 0.3) is 0 Å². The second kappa shape index (κ2) is 13.6. The van der Waals surface area contributed by atoms with E-state index < -0.39 is 0 Å². The molecule has 0 saturated carbocycles. The van der Waals surface area contributed by atoms with Crippen molar-refractivity contribution in [1.29, 1.82) is 0 Å². The summed E-state index contributed by atoms with van der Waals surface area (Å²) in [5.41, 5.74) is 7.27. The van der Waals surface area contributed by atoms with Crippen LogP contribution in [0.3, 0.4) is 0 Å². The molecule has 43 heavy (non-hydrogen) atoms. The molecular weight excluding hydrogens is 557 g/mol. The molecule has 4 aromatic rings. The van der Waals surface area contributed by atoms with Gasteiger partial charge in [-0.25, -0.2) is 0 Å². The van der Waals surface area contributed by atoms with Gasteiger partial charge >= 0.3 is 0 Å². The molecule has 0 aliphatic heterocycles. The van der Waals surface area contributed by atoms with Crippen molar-refractivity contribution in [2.24, 2.45) is 0 Å². The highest BCUT2D eigenvalue weighted by molar-refractivity contribution is 7.19. The van der Waals surface area contributed by atoms with Gasteiger partial charge in [0.05, 0.1) is 0 Å². The molecule has 2 aromatic carbocycles. The molecule has 4 rings (SSSR count). The first-order chi connectivity index (χ1) is 19.4. The second-order valence-electron chi connectivity index (χ2n) is 17.5. The first-order valence-corrected chi connectivity index (χ1v) is 17.8. The summed E-state index contributed by atoms with van der Waals surface area (Å²) in [6.07, 6.45) is 0. The van der Waals surface area contributed by atoms with Crippen LogP contribution < -0.4 is 0 Å². The molecule has 2 aromatic heterocycles. The maximum atomic E-state index is 2.32. The van der Waals surface area contributed by atoms with Crippen molar-refractivity contribution < 1.29 is 0 Å². The van der Waals surface area contributed by atoms with Crippen LogP contribution in [0.5, 0.6) is 0 Å². The smallest absolute Gasteiger partial charge is 0.0348 e. The zero-order chi connectivity index (χ0) is 33.2. The zero-order valence-corrected chi connectivity index (χ0v) is 32.3. The molecule has 0 spiro atoms. The van der Waals surface area contributed by atoms with Gasteiger partial charge in [0.2, 0.25) is 0 Å². The monoisotopic (exact) mass is 618 g/mol.